The molecule has 0 unspecified atom stereocenters. The molecule has 9 heteroatoms. The Morgan fingerprint density at radius 1 is 0.970 bits per heavy atom. The van der Waals surface area contributed by atoms with Crippen molar-refractivity contribution in [1.82, 2.24) is 19.9 Å². The molecule has 1 aliphatic rings. The molecule has 0 amide bonds. The van der Waals surface area contributed by atoms with Crippen LogP contribution in [0.3, 0.4) is 0 Å². The van der Waals surface area contributed by atoms with Gasteiger partial charge < -0.3 is 19.4 Å². The summed E-state index contributed by atoms with van der Waals surface area (Å²) in [6, 6.07) is 18.5. The summed E-state index contributed by atoms with van der Waals surface area (Å²) in [6.45, 7) is 3.56. The number of hydrogen-bond acceptors (Lipinski definition) is 8. The lowest BCUT2D eigenvalue weighted by Crippen LogP contribution is -2.37. The highest BCUT2D eigenvalue weighted by Crippen LogP contribution is 2.21. The SMILES string of the molecule is c1ccc(CCOc2nc(N=NCc3c[nH]c4ccccc34)nc(N3CCOCC3)n2)cc1. The Morgan fingerprint density at radius 3 is 2.67 bits per heavy atom. The number of fused-ring (bicyclic) bond motifs is 1. The van der Waals surface area contributed by atoms with Gasteiger partial charge in [0, 0.05) is 42.2 Å². The first kappa shape index (κ1) is 21.0. The van der Waals surface area contributed by atoms with Crippen LogP contribution in [0.15, 0.2) is 71.0 Å². The highest BCUT2D eigenvalue weighted by molar-refractivity contribution is 5.82. The fourth-order valence-electron chi connectivity index (χ4n) is 3.69. The van der Waals surface area contributed by atoms with Crippen LogP contribution in [0.25, 0.3) is 10.9 Å². The van der Waals surface area contributed by atoms with Crippen molar-refractivity contribution in [2.45, 2.75) is 13.0 Å². The average Bonchev–Trinajstić information content (AvgIpc) is 3.28. The van der Waals surface area contributed by atoms with Crippen LogP contribution in [0.4, 0.5) is 11.9 Å². The van der Waals surface area contributed by atoms with E-state index in [0.29, 0.717) is 45.4 Å². The van der Waals surface area contributed by atoms with Crippen LogP contribution < -0.4 is 9.64 Å². The van der Waals surface area contributed by atoms with Crippen LogP contribution in [0, 0.1) is 0 Å². The van der Waals surface area contributed by atoms with E-state index in [4.69, 9.17) is 9.47 Å². The van der Waals surface area contributed by atoms with Gasteiger partial charge >= 0.3 is 6.01 Å². The normalized spacial score (nSPS) is 14.2. The van der Waals surface area contributed by atoms with Gasteiger partial charge in [-0.1, -0.05) is 48.5 Å². The molecule has 0 aliphatic carbocycles. The van der Waals surface area contributed by atoms with Crippen molar-refractivity contribution >= 4 is 22.8 Å². The van der Waals surface area contributed by atoms with Crippen LogP contribution in [-0.2, 0) is 17.7 Å². The molecule has 5 rings (SSSR count). The summed E-state index contributed by atoms with van der Waals surface area (Å²) in [6.07, 6.45) is 2.71. The lowest BCUT2D eigenvalue weighted by atomic mass is 10.2. The van der Waals surface area contributed by atoms with E-state index in [1.807, 2.05) is 47.5 Å². The topological polar surface area (TPSA) is 101 Å². The fourth-order valence-corrected chi connectivity index (χ4v) is 3.69. The molecule has 0 saturated carbocycles. The van der Waals surface area contributed by atoms with E-state index < -0.39 is 0 Å². The van der Waals surface area contributed by atoms with Crippen LogP contribution >= 0.6 is 0 Å². The van der Waals surface area contributed by atoms with E-state index in [1.54, 1.807) is 0 Å². The predicted molar refractivity (Wildman–Crippen MR) is 125 cm³/mol. The molecule has 168 valence electrons. The first-order valence-corrected chi connectivity index (χ1v) is 11.0. The smallest absolute Gasteiger partial charge is 0.323 e. The Labute approximate surface area is 191 Å². The first-order chi connectivity index (χ1) is 16.3. The van der Waals surface area contributed by atoms with Gasteiger partial charge in [-0.15, -0.1) is 5.11 Å². The second-order valence-electron chi connectivity index (χ2n) is 7.66. The number of azo groups is 1. The Kier molecular flexibility index (Phi) is 6.48. The summed E-state index contributed by atoms with van der Waals surface area (Å²) >= 11 is 0. The Hall–Kier alpha value is -3.85. The third kappa shape index (κ3) is 5.32. The minimum Gasteiger partial charge on any atom is -0.463 e. The number of morpholine rings is 1. The second kappa shape index (κ2) is 10.2. The fraction of sp³-hybridized carbons (Fsp3) is 0.292. The summed E-state index contributed by atoms with van der Waals surface area (Å²) in [4.78, 5) is 18.7. The zero-order valence-corrected chi connectivity index (χ0v) is 18.2. The monoisotopic (exact) mass is 443 g/mol. The van der Waals surface area contributed by atoms with Crippen LogP contribution in [0.2, 0.25) is 0 Å². The van der Waals surface area contributed by atoms with Crippen molar-refractivity contribution < 1.29 is 9.47 Å². The molecule has 0 bridgehead atoms. The number of anilines is 1. The van der Waals surface area contributed by atoms with Gasteiger partial charge in [0.25, 0.3) is 5.95 Å². The lowest BCUT2D eigenvalue weighted by molar-refractivity contribution is 0.122. The van der Waals surface area contributed by atoms with E-state index in [1.165, 1.54) is 5.56 Å². The maximum Gasteiger partial charge on any atom is 0.323 e. The van der Waals surface area contributed by atoms with Gasteiger partial charge in [0.15, 0.2) is 0 Å². The molecule has 0 atom stereocenters. The zero-order valence-electron chi connectivity index (χ0n) is 18.2. The standard InChI is InChI=1S/C24H25N7O2/c1-2-6-18(7-3-1)10-13-33-24-28-22(27-23(29-24)31-11-14-32-15-12-31)30-26-17-19-16-25-21-9-5-4-8-20(19)21/h1-9,16,25H,10-15,17H2. The molecule has 0 spiro atoms. The zero-order chi connectivity index (χ0) is 22.3. The minimum absolute atomic E-state index is 0.237. The summed E-state index contributed by atoms with van der Waals surface area (Å²) in [5.41, 5.74) is 3.33. The molecule has 1 fully saturated rings. The summed E-state index contributed by atoms with van der Waals surface area (Å²) in [5, 5.41) is 9.75. The number of rotatable bonds is 8. The van der Waals surface area contributed by atoms with Crippen molar-refractivity contribution in [3.63, 3.8) is 0 Å². The molecule has 1 aliphatic heterocycles. The molecule has 1 saturated heterocycles. The van der Waals surface area contributed by atoms with Crippen molar-refractivity contribution in [3.05, 3.63) is 71.9 Å². The minimum atomic E-state index is 0.237. The van der Waals surface area contributed by atoms with Crippen molar-refractivity contribution in [3.8, 4) is 6.01 Å². The van der Waals surface area contributed by atoms with Crippen LogP contribution in [0.1, 0.15) is 11.1 Å². The maximum atomic E-state index is 5.87. The molecule has 0 radical (unpaired) electrons. The lowest BCUT2D eigenvalue weighted by Gasteiger charge is -2.26. The summed E-state index contributed by atoms with van der Waals surface area (Å²) < 4.78 is 11.3. The number of aromatic nitrogens is 4. The van der Waals surface area contributed by atoms with E-state index in [0.717, 1.165) is 22.9 Å². The van der Waals surface area contributed by atoms with E-state index in [2.05, 4.69) is 48.4 Å². The van der Waals surface area contributed by atoms with Crippen LogP contribution in [-0.4, -0.2) is 52.8 Å². The molecule has 3 heterocycles. The highest BCUT2D eigenvalue weighted by atomic mass is 16.5. The molecule has 9 nitrogen and oxygen atoms in total. The first-order valence-electron chi connectivity index (χ1n) is 11.0. The molecule has 1 N–H and O–H groups in total. The van der Waals surface area contributed by atoms with Gasteiger partial charge in [-0.3, -0.25) is 0 Å². The third-order valence-electron chi connectivity index (χ3n) is 5.43. The molecular weight excluding hydrogens is 418 g/mol. The Morgan fingerprint density at radius 2 is 1.79 bits per heavy atom. The molecule has 2 aromatic heterocycles. The predicted octanol–water partition coefficient (Wildman–Crippen LogP) is 4.09. The van der Waals surface area contributed by atoms with E-state index >= 15 is 0 Å². The Bertz CT molecular complexity index is 1220. The van der Waals surface area contributed by atoms with Crippen LogP contribution in [0.5, 0.6) is 6.01 Å². The molecule has 4 aromatic rings. The van der Waals surface area contributed by atoms with Gasteiger partial charge in [0.2, 0.25) is 5.95 Å². The largest absolute Gasteiger partial charge is 0.463 e. The van der Waals surface area contributed by atoms with E-state index in [9.17, 15) is 0 Å². The van der Waals surface area contributed by atoms with Gasteiger partial charge in [-0.25, -0.2) is 0 Å². The van der Waals surface area contributed by atoms with E-state index in [-0.39, 0.29) is 12.0 Å². The number of aromatic amines is 1. The maximum absolute atomic E-state index is 5.87. The average molecular weight is 444 g/mol. The number of nitrogens with one attached hydrogen (secondary N) is 1. The number of hydrogen-bond donors (Lipinski definition) is 1. The van der Waals surface area contributed by atoms with Gasteiger partial charge in [0.05, 0.1) is 26.4 Å². The number of para-hydroxylation sites is 1. The van der Waals surface area contributed by atoms with Crippen molar-refractivity contribution in [2.24, 2.45) is 10.2 Å². The van der Waals surface area contributed by atoms with Gasteiger partial charge in [0.1, 0.15) is 0 Å². The molecular formula is C24H25N7O2. The summed E-state index contributed by atoms with van der Waals surface area (Å²) in [5.74, 6) is 0.769. The summed E-state index contributed by atoms with van der Waals surface area (Å²) in [7, 11) is 0. The second-order valence-corrected chi connectivity index (χ2v) is 7.66. The molecule has 33 heavy (non-hydrogen) atoms. The number of ether oxygens (including phenoxy) is 2. The number of nitrogens with zero attached hydrogens (tertiary/aromatic N) is 6. The van der Waals surface area contributed by atoms with Gasteiger partial charge in [-0.05, 0) is 11.6 Å². The number of benzene rings is 2. The quantitative estimate of drug-likeness (QED) is 0.412. The van der Waals surface area contributed by atoms with Gasteiger partial charge in [-0.2, -0.15) is 20.1 Å². The number of H-pyrrole nitrogens is 1. The third-order valence-corrected chi connectivity index (χ3v) is 5.43. The van der Waals surface area contributed by atoms with Crippen molar-refractivity contribution in [2.75, 3.05) is 37.8 Å². The Balaban J connectivity index is 1.32. The highest BCUT2D eigenvalue weighted by Gasteiger charge is 2.17. The van der Waals surface area contributed by atoms with Crippen molar-refractivity contribution in [1.29, 1.82) is 0 Å². The molecule has 2 aromatic carbocycles.